The number of carbonyl (C=O) groups excluding carboxylic acids is 6. The van der Waals surface area contributed by atoms with Gasteiger partial charge in [0.1, 0.15) is 31.1 Å². The summed E-state index contributed by atoms with van der Waals surface area (Å²) in [5.74, 6) is -3.01. The summed E-state index contributed by atoms with van der Waals surface area (Å²) in [6, 6.07) is 15.6. The number of primary amides is 1. The minimum atomic E-state index is -1.65. The molecular weight excluding hydrogens is 892 g/mol. The lowest BCUT2D eigenvalue weighted by Gasteiger charge is -2.29. The number of ether oxygens (including phenoxy) is 2. The highest BCUT2D eigenvalue weighted by Gasteiger charge is 2.38. The van der Waals surface area contributed by atoms with Gasteiger partial charge in [-0.1, -0.05) is 56.3 Å². The second-order valence-electron chi connectivity index (χ2n) is 17.8. The van der Waals surface area contributed by atoms with Crippen LogP contribution in [0.5, 0.6) is 0 Å². The summed E-state index contributed by atoms with van der Waals surface area (Å²) in [5, 5.41) is 25.1. The van der Waals surface area contributed by atoms with Gasteiger partial charge in [0.25, 0.3) is 5.56 Å². The zero-order valence-corrected chi connectivity index (χ0v) is 38.3. The summed E-state index contributed by atoms with van der Waals surface area (Å²) < 4.78 is 27.5. The largest absolute Gasteiger partial charge is 0.458 e. The number of cyclic esters (lactones) is 1. The molecule has 1 unspecified atom stereocenters. The Morgan fingerprint density at radius 2 is 1.72 bits per heavy atom. The van der Waals surface area contributed by atoms with Gasteiger partial charge < -0.3 is 51.5 Å². The van der Waals surface area contributed by atoms with Gasteiger partial charge in [-0.05, 0) is 91.0 Å². The number of carbonyl (C=O) groups is 6. The second-order valence-corrected chi connectivity index (χ2v) is 17.8. The number of pyridine rings is 2. The quantitative estimate of drug-likeness (QED) is 0.0524. The van der Waals surface area contributed by atoms with E-state index in [9.17, 15) is 38.7 Å². The number of nitrogens with one attached hydrogen (secondary N) is 5. The summed E-state index contributed by atoms with van der Waals surface area (Å²) in [6.45, 7) is 5.07. The highest BCUT2D eigenvalue weighted by atomic mass is 19.1. The van der Waals surface area contributed by atoms with Crippen LogP contribution in [0.2, 0.25) is 0 Å². The Bertz CT molecular complexity index is 2920. The van der Waals surface area contributed by atoms with Crippen LogP contribution < -0.4 is 37.9 Å². The van der Waals surface area contributed by atoms with E-state index in [0.29, 0.717) is 75.9 Å². The molecule has 5 aromatic rings. The molecule has 3 aromatic carbocycles. The summed E-state index contributed by atoms with van der Waals surface area (Å²) in [5.41, 5.74) is 10.6. The van der Waals surface area contributed by atoms with E-state index in [0.717, 1.165) is 11.1 Å². The Balaban J connectivity index is 0.925. The molecule has 3 aliphatic rings. The number of aliphatic hydroxyl groups excluding tert-OH is 1. The van der Waals surface area contributed by atoms with E-state index in [1.807, 2.05) is 30.3 Å². The molecule has 69 heavy (non-hydrogen) atoms. The van der Waals surface area contributed by atoms with Crippen molar-refractivity contribution in [2.45, 2.75) is 103 Å². The Labute approximate surface area is 395 Å². The topological polar surface area (TPSA) is 262 Å². The zero-order chi connectivity index (χ0) is 49.1. The molecule has 2 aromatic heterocycles. The van der Waals surface area contributed by atoms with Gasteiger partial charge in [0.2, 0.25) is 17.7 Å². The summed E-state index contributed by atoms with van der Waals surface area (Å²) >= 11 is 0. The van der Waals surface area contributed by atoms with Crippen molar-refractivity contribution in [2.75, 3.05) is 11.9 Å². The third-order valence-electron chi connectivity index (χ3n) is 12.9. The van der Waals surface area contributed by atoms with Crippen molar-refractivity contribution in [3.8, 4) is 11.4 Å². The lowest BCUT2D eigenvalue weighted by Crippen LogP contribution is -2.54. The molecule has 4 atom stereocenters. The van der Waals surface area contributed by atoms with Crippen molar-refractivity contribution in [3.05, 3.63) is 127 Å². The van der Waals surface area contributed by atoms with Crippen LogP contribution in [0.4, 0.5) is 19.7 Å². The maximum atomic E-state index is 15.3. The van der Waals surface area contributed by atoms with Crippen LogP contribution in [-0.4, -0.2) is 69.1 Å². The summed E-state index contributed by atoms with van der Waals surface area (Å²) in [6.07, 6.45) is -0.475. The van der Waals surface area contributed by atoms with Crippen molar-refractivity contribution in [1.29, 1.82) is 0 Å². The minimum Gasteiger partial charge on any atom is -0.458 e. The van der Waals surface area contributed by atoms with Gasteiger partial charge in [-0.3, -0.25) is 19.2 Å². The fourth-order valence-electron chi connectivity index (χ4n) is 9.22. The Morgan fingerprint density at radius 3 is 2.45 bits per heavy atom. The Hall–Kier alpha value is -7.67. The number of aromatic nitrogens is 2. The number of benzene rings is 3. The van der Waals surface area contributed by atoms with E-state index in [1.165, 1.54) is 10.6 Å². The molecule has 0 fully saturated rings. The van der Waals surface area contributed by atoms with Crippen LogP contribution in [0.25, 0.3) is 22.3 Å². The predicted octanol–water partition coefficient (Wildman–Crippen LogP) is 4.52. The number of aliphatic hydroxyl groups is 1. The van der Waals surface area contributed by atoms with Crippen molar-refractivity contribution in [3.63, 3.8) is 0 Å². The van der Waals surface area contributed by atoms with Crippen LogP contribution in [0.1, 0.15) is 96.2 Å². The molecular formula is C50H53FN8O10. The van der Waals surface area contributed by atoms with Gasteiger partial charge in [0.15, 0.2) is 6.10 Å². The smallest absolute Gasteiger partial charge is 0.407 e. The molecule has 0 spiro atoms. The molecule has 0 saturated heterocycles. The number of nitrogens with two attached hydrogens (primary N) is 1. The molecule has 0 radical (unpaired) electrons. The van der Waals surface area contributed by atoms with Gasteiger partial charge >= 0.3 is 18.1 Å². The molecule has 0 saturated carbocycles. The maximum Gasteiger partial charge on any atom is 0.407 e. The molecule has 8 rings (SSSR count). The average Bonchev–Trinajstić information content (AvgIpc) is 3.70. The van der Waals surface area contributed by atoms with Crippen LogP contribution >= 0.6 is 0 Å². The lowest BCUT2D eigenvalue weighted by molar-refractivity contribution is -0.157. The minimum absolute atomic E-state index is 0.0803. The van der Waals surface area contributed by atoms with E-state index in [2.05, 4.69) is 26.6 Å². The highest BCUT2D eigenvalue weighted by molar-refractivity contribution is 5.98. The Kier molecular flexibility index (Phi) is 14.1. The van der Waals surface area contributed by atoms with Gasteiger partial charge in [0.05, 0.1) is 35.1 Å². The van der Waals surface area contributed by atoms with Gasteiger partial charge in [0, 0.05) is 41.2 Å². The fourth-order valence-corrected chi connectivity index (χ4v) is 9.22. The van der Waals surface area contributed by atoms with E-state index in [4.69, 9.17) is 20.2 Å². The zero-order valence-electron chi connectivity index (χ0n) is 38.3. The Morgan fingerprint density at radius 1 is 0.971 bits per heavy atom. The third-order valence-corrected chi connectivity index (χ3v) is 12.9. The standard InChI is InChI=1S/C50H53FN8O10/c1-25(2)42(58-39(60)18-13-27-8-5-4-6-9-27)46(63)56-36(10-7-19-53-49(52)66)45(62)54-29-14-11-28(12-15-29)23-69-50(67)57-35-17-16-30-26(3)34(51)21-37-40(30)41(35)32-22-59-38(43(32)55-37)20-31-33(47(59)64)24-68-48(65)44(31)61/h4-6,8-9,11-12,14-15,20-21,25,35-36,42,44,61H,7,10,13,16-19,22-24H2,1-3H3,(H,54,62)(H,56,63)(H,57,67)(H,58,60)(H3,52,53,66)/t35?,36-,42-,44-/m0/s1. The molecule has 360 valence electrons. The van der Waals surface area contributed by atoms with Crippen LogP contribution in [-0.2, 0) is 61.3 Å². The normalized spacial score (nSPS) is 16.3. The first kappa shape index (κ1) is 47.8. The monoisotopic (exact) mass is 944 g/mol. The van der Waals surface area contributed by atoms with Crippen molar-refractivity contribution in [1.82, 2.24) is 30.8 Å². The number of esters is 1. The number of aryl methyl sites for hydroxylation is 2. The van der Waals surface area contributed by atoms with Crippen LogP contribution in [0.3, 0.4) is 0 Å². The molecule has 2 aliphatic heterocycles. The number of urea groups is 1. The fraction of sp³-hybridized carbons (Fsp3) is 0.360. The van der Waals surface area contributed by atoms with Gasteiger partial charge in [-0.2, -0.15) is 0 Å². The van der Waals surface area contributed by atoms with E-state index >= 15 is 4.39 Å². The lowest BCUT2D eigenvalue weighted by atomic mass is 9.82. The highest BCUT2D eigenvalue weighted by Crippen LogP contribution is 2.45. The predicted molar refractivity (Wildman–Crippen MR) is 250 cm³/mol. The van der Waals surface area contributed by atoms with E-state index in [-0.39, 0.29) is 62.1 Å². The van der Waals surface area contributed by atoms with E-state index in [1.54, 1.807) is 51.1 Å². The summed E-state index contributed by atoms with van der Waals surface area (Å²) in [7, 11) is 0. The van der Waals surface area contributed by atoms with Gasteiger partial charge in [-0.15, -0.1) is 0 Å². The number of fused-ring (bicyclic) bond motifs is 5. The molecule has 4 heterocycles. The number of rotatable bonds is 16. The molecule has 0 bridgehead atoms. The second kappa shape index (κ2) is 20.3. The van der Waals surface area contributed by atoms with Gasteiger partial charge in [-0.25, -0.2) is 23.8 Å². The number of hydrogen-bond acceptors (Lipinski definition) is 11. The van der Waals surface area contributed by atoms with E-state index < -0.39 is 65.5 Å². The third kappa shape index (κ3) is 10.3. The number of nitrogens with zero attached hydrogens (tertiary/aromatic N) is 2. The van der Waals surface area contributed by atoms with Crippen molar-refractivity contribution in [2.24, 2.45) is 11.7 Å². The number of halogens is 1. The number of alkyl carbamates (subject to hydrolysis) is 1. The first-order valence-electron chi connectivity index (χ1n) is 22.8. The van der Waals surface area contributed by atoms with Crippen molar-refractivity contribution < 1.29 is 47.7 Å². The number of hydrogen-bond donors (Lipinski definition) is 7. The maximum absolute atomic E-state index is 15.3. The number of amides is 6. The number of anilines is 1. The molecule has 6 amide bonds. The van der Waals surface area contributed by atoms with Crippen molar-refractivity contribution >= 4 is 52.4 Å². The molecule has 19 heteroatoms. The van der Waals surface area contributed by atoms with Crippen LogP contribution in [0.15, 0.2) is 71.5 Å². The first-order valence-corrected chi connectivity index (χ1v) is 22.8. The molecule has 1 aliphatic carbocycles. The average molecular weight is 945 g/mol. The first-order chi connectivity index (χ1) is 33.1. The molecule has 18 nitrogen and oxygen atoms in total. The molecule has 8 N–H and O–H groups in total. The summed E-state index contributed by atoms with van der Waals surface area (Å²) in [4.78, 5) is 95.8. The SMILES string of the molecule is Cc1c(F)cc2nc3c(c4c2c1CCC4NC(=O)OCc1ccc(NC(=O)[C@H](CCCNC(N)=O)NC(=O)[C@@H](NC(=O)CCc2ccccc2)C(C)C)cc1)Cn1c-3cc2c(c1=O)COC(=O)[C@H]2O. The van der Waals surface area contributed by atoms with Crippen LogP contribution in [0, 0.1) is 18.7 Å².